The van der Waals surface area contributed by atoms with Crippen molar-refractivity contribution in [3.05, 3.63) is 29.8 Å². The van der Waals surface area contributed by atoms with E-state index in [0.717, 1.165) is 24.8 Å². The first-order valence-corrected chi connectivity index (χ1v) is 7.32. The van der Waals surface area contributed by atoms with Gasteiger partial charge in [-0.1, -0.05) is 31.5 Å². The van der Waals surface area contributed by atoms with Gasteiger partial charge in [-0.2, -0.15) is 0 Å². The van der Waals surface area contributed by atoms with Crippen LogP contribution >= 0.6 is 0 Å². The molecule has 18 heavy (non-hydrogen) atoms. The van der Waals surface area contributed by atoms with E-state index in [1.165, 1.54) is 31.2 Å². The van der Waals surface area contributed by atoms with Crippen molar-refractivity contribution in [1.29, 1.82) is 0 Å². The zero-order chi connectivity index (χ0) is 12.4. The summed E-state index contributed by atoms with van der Waals surface area (Å²) in [6.07, 6.45) is 5.38. The minimum Gasteiger partial charge on any atom is -0.493 e. The van der Waals surface area contributed by atoms with Crippen molar-refractivity contribution in [3.63, 3.8) is 0 Å². The number of para-hydroxylation sites is 1. The second-order valence-electron chi connectivity index (χ2n) is 5.66. The first-order valence-electron chi connectivity index (χ1n) is 7.32. The van der Waals surface area contributed by atoms with E-state index in [1.54, 1.807) is 0 Å². The zero-order valence-electron chi connectivity index (χ0n) is 11.2. The summed E-state index contributed by atoms with van der Waals surface area (Å²) in [6.45, 7) is 4.16. The highest BCUT2D eigenvalue weighted by Crippen LogP contribution is 2.36. The van der Waals surface area contributed by atoms with E-state index < -0.39 is 0 Å². The summed E-state index contributed by atoms with van der Waals surface area (Å²) in [6, 6.07) is 9.14. The molecule has 1 N–H and O–H groups in total. The van der Waals surface area contributed by atoms with Crippen molar-refractivity contribution < 1.29 is 4.74 Å². The van der Waals surface area contributed by atoms with Crippen LogP contribution in [-0.2, 0) is 6.42 Å². The van der Waals surface area contributed by atoms with Gasteiger partial charge in [0.25, 0.3) is 0 Å². The van der Waals surface area contributed by atoms with Crippen molar-refractivity contribution in [1.82, 2.24) is 5.32 Å². The van der Waals surface area contributed by atoms with Crippen LogP contribution in [0.4, 0.5) is 0 Å². The highest BCUT2D eigenvalue weighted by atomic mass is 16.5. The Morgan fingerprint density at radius 2 is 2.11 bits per heavy atom. The van der Waals surface area contributed by atoms with Crippen LogP contribution in [0.1, 0.15) is 31.7 Å². The summed E-state index contributed by atoms with van der Waals surface area (Å²) < 4.78 is 5.94. The largest absolute Gasteiger partial charge is 0.493 e. The summed E-state index contributed by atoms with van der Waals surface area (Å²) in [5.41, 5.74) is 1.39. The molecule has 1 aromatic rings. The smallest absolute Gasteiger partial charge is 0.122 e. The number of benzene rings is 1. The van der Waals surface area contributed by atoms with Crippen molar-refractivity contribution >= 4 is 0 Å². The predicted molar refractivity (Wildman–Crippen MR) is 73.9 cm³/mol. The van der Waals surface area contributed by atoms with E-state index in [9.17, 15) is 0 Å². The number of fused-ring (bicyclic) bond motifs is 1. The normalized spacial score (nSPS) is 24.8. The van der Waals surface area contributed by atoms with Crippen LogP contribution in [0.3, 0.4) is 0 Å². The maximum Gasteiger partial charge on any atom is 0.122 e. The van der Waals surface area contributed by atoms with Crippen LogP contribution in [0.25, 0.3) is 0 Å². The number of hydrogen-bond donors (Lipinski definition) is 1. The maximum absolute atomic E-state index is 5.94. The molecule has 1 aliphatic carbocycles. The van der Waals surface area contributed by atoms with E-state index in [0.29, 0.717) is 12.0 Å². The van der Waals surface area contributed by atoms with Gasteiger partial charge in [0.05, 0.1) is 6.61 Å². The molecule has 2 aliphatic rings. The van der Waals surface area contributed by atoms with Gasteiger partial charge in [0.2, 0.25) is 0 Å². The Morgan fingerprint density at radius 1 is 1.28 bits per heavy atom. The molecule has 0 saturated heterocycles. The lowest BCUT2D eigenvalue weighted by atomic mass is 9.73. The molecule has 3 rings (SSSR count). The Morgan fingerprint density at radius 3 is 2.83 bits per heavy atom. The Labute approximate surface area is 110 Å². The van der Waals surface area contributed by atoms with Gasteiger partial charge < -0.3 is 10.1 Å². The Bertz CT molecular complexity index is 400. The van der Waals surface area contributed by atoms with Gasteiger partial charge in [0, 0.05) is 12.0 Å². The zero-order valence-corrected chi connectivity index (χ0v) is 11.2. The van der Waals surface area contributed by atoms with Gasteiger partial charge in [-0.15, -0.1) is 0 Å². The second-order valence-corrected chi connectivity index (χ2v) is 5.66. The molecule has 2 atom stereocenters. The predicted octanol–water partition coefficient (Wildman–Crippen LogP) is 3.02. The van der Waals surface area contributed by atoms with Crippen LogP contribution in [0.2, 0.25) is 0 Å². The number of nitrogens with one attached hydrogen (secondary N) is 1. The van der Waals surface area contributed by atoms with E-state index in [1.807, 2.05) is 0 Å². The third kappa shape index (κ3) is 2.26. The van der Waals surface area contributed by atoms with E-state index in [-0.39, 0.29) is 0 Å². The maximum atomic E-state index is 5.94. The van der Waals surface area contributed by atoms with Crippen LogP contribution in [0.15, 0.2) is 24.3 Å². The van der Waals surface area contributed by atoms with Crippen molar-refractivity contribution in [2.24, 2.45) is 11.8 Å². The molecule has 1 heterocycles. The standard InChI is InChI=1S/C16H23NO/c1-2-17-16(12-7-5-8-12)14-10-13-6-3-4-9-15(13)18-11-14/h3-4,6,9,12,14,16-17H,2,5,7-8,10-11H2,1H3. The molecule has 98 valence electrons. The van der Waals surface area contributed by atoms with Crippen LogP contribution in [-0.4, -0.2) is 19.2 Å². The fourth-order valence-electron chi connectivity index (χ4n) is 3.34. The molecule has 0 spiro atoms. The molecular weight excluding hydrogens is 222 g/mol. The minimum absolute atomic E-state index is 0.644. The summed E-state index contributed by atoms with van der Waals surface area (Å²) in [7, 11) is 0. The van der Waals surface area contributed by atoms with Gasteiger partial charge in [-0.05, 0) is 43.4 Å². The van der Waals surface area contributed by atoms with Crippen LogP contribution in [0.5, 0.6) is 5.75 Å². The van der Waals surface area contributed by atoms with E-state index in [4.69, 9.17) is 4.74 Å². The van der Waals surface area contributed by atoms with Gasteiger partial charge in [0.1, 0.15) is 5.75 Å². The minimum atomic E-state index is 0.644. The number of hydrogen-bond acceptors (Lipinski definition) is 2. The van der Waals surface area contributed by atoms with Gasteiger partial charge >= 0.3 is 0 Å². The quantitative estimate of drug-likeness (QED) is 0.880. The van der Waals surface area contributed by atoms with Crippen LogP contribution < -0.4 is 10.1 Å². The number of rotatable bonds is 4. The van der Waals surface area contributed by atoms with Crippen molar-refractivity contribution in [2.45, 2.75) is 38.6 Å². The molecule has 1 saturated carbocycles. The molecule has 1 aromatic carbocycles. The molecule has 1 aliphatic heterocycles. The molecule has 0 amide bonds. The van der Waals surface area contributed by atoms with Crippen molar-refractivity contribution in [3.8, 4) is 5.75 Å². The average Bonchev–Trinajstić information content (AvgIpc) is 2.35. The van der Waals surface area contributed by atoms with Gasteiger partial charge in [-0.3, -0.25) is 0 Å². The van der Waals surface area contributed by atoms with E-state index >= 15 is 0 Å². The fraction of sp³-hybridized carbons (Fsp3) is 0.625. The second kappa shape index (κ2) is 5.31. The molecule has 2 unspecified atom stereocenters. The molecule has 0 radical (unpaired) electrons. The van der Waals surface area contributed by atoms with Gasteiger partial charge in [-0.25, -0.2) is 0 Å². The third-order valence-corrected chi connectivity index (χ3v) is 4.51. The molecular formula is C16H23NO. The van der Waals surface area contributed by atoms with E-state index in [2.05, 4.69) is 36.5 Å². The highest BCUT2D eigenvalue weighted by Gasteiger charge is 2.35. The molecule has 0 bridgehead atoms. The first-order chi connectivity index (χ1) is 8.88. The Balaban J connectivity index is 1.72. The summed E-state index contributed by atoms with van der Waals surface area (Å²) in [5, 5.41) is 3.71. The molecule has 2 nitrogen and oxygen atoms in total. The highest BCUT2D eigenvalue weighted by molar-refractivity contribution is 5.35. The first kappa shape index (κ1) is 12.0. The van der Waals surface area contributed by atoms with Crippen molar-refractivity contribution in [2.75, 3.05) is 13.2 Å². The summed E-state index contributed by atoms with van der Waals surface area (Å²) >= 11 is 0. The Kier molecular flexibility index (Phi) is 3.55. The fourth-order valence-corrected chi connectivity index (χ4v) is 3.34. The number of ether oxygens (including phenoxy) is 1. The lowest BCUT2D eigenvalue weighted by Crippen LogP contribution is -2.48. The van der Waals surface area contributed by atoms with Crippen LogP contribution in [0, 0.1) is 11.8 Å². The summed E-state index contributed by atoms with van der Waals surface area (Å²) in [4.78, 5) is 0. The van der Waals surface area contributed by atoms with Gasteiger partial charge in [0.15, 0.2) is 0 Å². The molecule has 0 aromatic heterocycles. The SMILES string of the molecule is CCNC(C1CCC1)C1COc2ccccc2C1. The molecule has 2 heteroatoms. The third-order valence-electron chi connectivity index (χ3n) is 4.51. The molecule has 1 fully saturated rings. The topological polar surface area (TPSA) is 21.3 Å². The monoisotopic (exact) mass is 245 g/mol. The Hall–Kier alpha value is -1.02. The lowest BCUT2D eigenvalue weighted by molar-refractivity contribution is 0.118. The lowest BCUT2D eigenvalue weighted by Gasteiger charge is -2.40. The summed E-state index contributed by atoms with van der Waals surface area (Å²) in [5.74, 6) is 2.62. The average molecular weight is 245 g/mol.